The minimum atomic E-state index is -1.03. The Morgan fingerprint density at radius 1 is 1.38 bits per heavy atom. The zero-order valence-corrected chi connectivity index (χ0v) is 12.9. The van der Waals surface area contributed by atoms with Crippen LogP contribution in [0.2, 0.25) is 0 Å². The van der Waals surface area contributed by atoms with E-state index in [-0.39, 0.29) is 6.10 Å². The molecule has 2 rings (SSSR count). The van der Waals surface area contributed by atoms with Crippen molar-refractivity contribution in [3.05, 3.63) is 35.4 Å². The lowest BCUT2D eigenvalue weighted by atomic mass is 9.86. The molecule has 1 aliphatic rings. The van der Waals surface area contributed by atoms with Gasteiger partial charge in [0.1, 0.15) is 5.54 Å². The molecule has 1 saturated heterocycles. The standard InChI is InChI=1S/C17H25NO3/c1-3-13-7-9-14(10-8-13)17(4-2,16(19)20)18-12-15-6-5-11-21-15/h7-10,15,18H,3-6,11-12H2,1-2H3,(H,19,20). The van der Waals surface area contributed by atoms with Crippen LogP contribution in [0.3, 0.4) is 0 Å². The Hall–Kier alpha value is -1.39. The summed E-state index contributed by atoms with van der Waals surface area (Å²) in [5, 5.41) is 13.0. The number of hydrogen-bond donors (Lipinski definition) is 2. The summed E-state index contributed by atoms with van der Waals surface area (Å²) in [7, 11) is 0. The third-order valence-electron chi connectivity index (χ3n) is 4.41. The van der Waals surface area contributed by atoms with Crippen LogP contribution in [0.25, 0.3) is 0 Å². The molecule has 4 nitrogen and oxygen atoms in total. The van der Waals surface area contributed by atoms with Crippen molar-refractivity contribution < 1.29 is 14.6 Å². The largest absolute Gasteiger partial charge is 0.480 e. The fourth-order valence-electron chi connectivity index (χ4n) is 2.90. The smallest absolute Gasteiger partial charge is 0.328 e. The normalized spacial score (nSPS) is 21.1. The van der Waals surface area contributed by atoms with E-state index in [0.717, 1.165) is 31.4 Å². The van der Waals surface area contributed by atoms with Gasteiger partial charge in [0.25, 0.3) is 0 Å². The number of aryl methyl sites for hydroxylation is 1. The highest BCUT2D eigenvalue weighted by Crippen LogP contribution is 2.27. The van der Waals surface area contributed by atoms with E-state index in [1.807, 2.05) is 31.2 Å². The lowest BCUT2D eigenvalue weighted by molar-refractivity contribution is -0.145. The van der Waals surface area contributed by atoms with Crippen molar-refractivity contribution >= 4 is 5.97 Å². The van der Waals surface area contributed by atoms with Gasteiger partial charge in [0, 0.05) is 13.2 Å². The van der Waals surface area contributed by atoms with Crippen LogP contribution in [0.1, 0.15) is 44.2 Å². The molecule has 0 aromatic heterocycles. The Bertz CT molecular complexity index is 465. The lowest BCUT2D eigenvalue weighted by Gasteiger charge is -2.31. The van der Waals surface area contributed by atoms with E-state index in [4.69, 9.17) is 4.74 Å². The number of nitrogens with one attached hydrogen (secondary N) is 1. The molecule has 2 atom stereocenters. The van der Waals surface area contributed by atoms with Gasteiger partial charge in [-0.2, -0.15) is 0 Å². The van der Waals surface area contributed by atoms with Crippen LogP contribution < -0.4 is 5.32 Å². The molecule has 2 unspecified atom stereocenters. The van der Waals surface area contributed by atoms with Crippen LogP contribution in [-0.2, 0) is 21.5 Å². The molecule has 1 fully saturated rings. The average molecular weight is 291 g/mol. The SMILES string of the molecule is CCc1ccc(C(CC)(NCC2CCCO2)C(=O)O)cc1. The number of rotatable bonds is 7. The maximum absolute atomic E-state index is 11.9. The predicted octanol–water partition coefficient (Wildman–Crippen LogP) is 2.71. The second-order valence-electron chi connectivity index (χ2n) is 5.63. The zero-order valence-electron chi connectivity index (χ0n) is 12.9. The highest BCUT2D eigenvalue weighted by Gasteiger charge is 2.39. The summed E-state index contributed by atoms with van der Waals surface area (Å²) in [5.41, 5.74) is 0.999. The zero-order chi connectivity index (χ0) is 15.3. The van der Waals surface area contributed by atoms with Crippen LogP contribution in [0, 0.1) is 0 Å². The topological polar surface area (TPSA) is 58.6 Å². The van der Waals surface area contributed by atoms with Crippen molar-refractivity contribution in [2.75, 3.05) is 13.2 Å². The van der Waals surface area contributed by atoms with Crippen LogP contribution in [0.15, 0.2) is 24.3 Å². The van der Waals surface area contributed by atoms with E-state index in [2.05, 4.69) is 12.2 Å². The predicted molar refractivity (Wildman–Crippen MR) is 82.4 cm³/mol. The average Bonchev–Trinajstić information content (AvgIpc) is 3.02. The highest BCUT2D eigenvalue weighted by molar-refractivity contribution is 5.80. The molecule has 0 spiro atoms. The number of aliphatic carboxylic acids is 1. The Balaban J connectivity index is 2.19. The van der Waals surface area contributed by atoms with Gasteiger partial charge < -0.3 is 9.84 Å². The molecule has 4 heteroatoms. The van der Waals surface area contributed by atoms with Crippen molar-refractivity contribution in [2.45, 2.75) is 51.2 Å². The number of carboxylic acids is 1. The molecule has 1 aromatic carbocycles. The fraction of sp³-hybridized carbons (Fsp3) is 0.588. The number of benzene rings is 1. The number of carboxylic acid groups (broad SMARTS) is 1. The van der Waals surface area contributed by atoms with Gasteiger partial charge in [0.2, 0.25) is 0 Å². The van der Waals surface area contributed by atoms with E-state index in [1.165, 1.54) is 5.56 Å². The van der Waals surface area contributed by atoms with Crippen LogP contribution >= 0.6 is 0 Å². The molecule has 0 saturated carbocycles. The first-order valence-corrected chi connectivity index (χ1v) is 7.81. The molecule has 0 aliphatic carbocycles. The molecular formula is C17H25NO3. The van der Waals surface area contributed by atoms with E-state index in [1.54, 1.807) is 0 Å². The first kappa shape index (κ1) is 16.0. The van der Waals surface area contributed by atoms with Gasteiger partial charge in [0.05, 0.1) is 6.10 Å². The van der Waals surface area contributed by atoms with Crippen LogP contribution in [-0.4, -0.2) is 30.3 Å². The number of hydrogen-bond acceptors (Lipinski definition) is 3. The Morgan fingerprint density at radius 3 is 2.57 bits per heavy atom. The van der Waals surface area contributed by atoms with Gasteiger partial charge in [-0.25, -0.2) is 4.79 Å². The van der Waals surface area contributed by atoms with Gasteiger partial charge in [-0.3, -0.25) is 5.32 Å². The van der Waals surface area contributed by atoms with Gasteiger partial charge in [-0.05, 0) is 36.8 Å². The van der Waals surface area contributed by atoms with Gasteiger partial charge in [0.15, 0.2) is 0 Å². The van der Waals surface area contributed by atoms with Crippen molar-refractivity contribution in [3.63, 3.8) is 0 Å². The second kappa shape index (κ2) is 7.05. The molecule has 1 heterocycles. The molecule has 0 bridgehead atoms. The van der Waals surface area contributed by atoms with Crippen molar-refractivity contribution in [3.8, 4) is 0 Å². The fourth-order valence-corrected chi connectivity index (χ4v) is 2.90. The summed E-state index contributed by atoms with van der Waals surface area (Å²) in [6, 6.07) is 7.88. The van der Waals surface area contributed by atoms with E-state index in [0.29, 0.717) is 13.0 Å². The maximum atomic E-state index is 11.9. The minimum Gasteiger partial charge on any atom is -0.480 e. The summed E-state index contributed by atoms with van der Waals surface area (Å²) in [5.74, 6) is -0.827. The van der Waals surface area contributed by atoms with Gasteiger partial charge >= 0.3 is 5.97 Å². The molecule has 116 valence electrons. The number of carbonyl (C=O) groups is 1. The quantitative estimate of drug-likeness (QED) is 0.811. The third kappa shape index (κ3) is 3.44. The van der Waals surface area contributed by atoms with Crippen LogP contribution in [0.5, 0.6) is 0 Å². The first-order chi connectivity index (χ1) is 10.1. The van der Waals surface area contributed by atoms with Crippen molar-refractivity contribution in [1.82, 2.24) is 5.32 Å². The monoisotopic (exact) mass is 291 g/mol. The summed E-state index contributed by atoms with van der Waals surface area (Å²) in [6.45, 7) is 5.36. The second-order valence-corrected chi connectivity index (χ2v) is 5.63. The third-order valence-corrected chi connectivity index (χ3v) is 4.41. The van der Waals surface area contributed by atoms with Crippen molar-refractivity contribution in [1.29, 1.82) is 0 Å². The summed E-state index contributed by atoms with van der Waals surface area (Å²) < 4.78 is 5.59. The molecule has 21 heavy (non-hydrogen) atoms. The maximum Gasteiger partial charge on any atom is 0.328 e. The van der Waals surface area contributed by atoms with Gasteiger partial charge in [-0.1, -0.05) is 38.1 Å². The summed E-state index contributed by atoms with van der Waals surface area (Å²) in [6.07, 6.45) is 3.64. The molecule has 1 aromatic rings. The molecular weight excluding hydrogens is 266 g/mol. The summed E-state index contributed by atoms with van der Waals surface area (Å²) in [4.78, 5) is 11.9. The first-order valence-electron chi connectivity index (χ1n) is 7.81. The number of ether oxygens (including phenoxy) is 1. The summed E-state index contributed by atoms with van der Waals surface area (Å²) >= 11 is 0. The minimum absolute atomic E-state index is 0.130. The Labute approximate surface area is 126 Å². The van der Waals surface area contributed by atoms with Gasteiger partial charge in [-0.15, -0.1) is 0 Å². The molecule has 2 N–H and O–H groups in total. The Morgan fingerprint density at radius 2 is 2.10 bits per heavy atom. The van der Waals surface area contributed by atoms with E-state index >= 15 is 0 Å². The molecule has 0 radical (unpaired) electrons. The highest BCUT2D eigenvalue weighted by atomic mass is 16.5. The van der Waals surface area contributed by atoms with E-state index in [9.17, 15) is 9.90 Å². The molecule has 1 aliphatic heterocycles. The van der Waals surface area contributed by atoms with Crippen LogP contribution in [0.4, 0.5) is 0 Å². The lowest BCUT2D eigenvalue weighted by Crippen LogP contribution is -2.51. The molecule has 0 amide bonds. The van der Waals surface area contributed by atoms with E-state index < -0.39 is 11.5 Å². The van der Waals surface area contributed by atoms with Crippen molar-refractivity contribution in [2.24, 2.45) is 0 Å². The Kier molecular flexibility index (Phi) is 5.37.